The molecule has 21 heavy (non-hydrogen) atoms. The highest BCUT2D eigenvalue weighted by Crippen LogP contribution is 2.22. The molecule has 0 radical (unpaired) electrons. The summed E-state index contributed by atoms with van der Waals surface area (Å²) in [6.07, 6.45) is 1.45. The zero-order valence-corrected chi connectivity index (χ0v) is 13.1. The number of piperidine rings is 1. The molecular formula is C14H21N3O3S. The number of hydrogen-bond acceptors (Lipinski definition) is 4. The lowest BCUT2D eigenvalue weighted by atomic mass is 9.92. The first-order valence-corrected chi connectivity index (χ1v) is 8.37. The van der Waals surface area contributed by atoms with E-state index in [1.54, 1.807) is 13.0 Å². The van der Waals surface area contributed by atoms with Gasteiger partial charge in [-0.15, -0.1) is 0 Å². The van der Waals surface area contributed by atoms with Crippen LogP contribution in [0.5, 0.6) is 0 Å². The molecule has 1 aromatic rings. The molecule has 0 spiro atoms. The first kappa shape index (κ1) is 15.9. The van der Waals surface area contributed by atoms with Crippen LogP contribution in [0.4, 0.5) is 0 Å². The van der Waals surface area contributed by atoms with Crippen LogP contribution >= 0.6 is 0 Å². The van der Waals surface area contributed by atoms with Crippen LogP contribution in [0.15, 0.2) is 23.1 Å². The maximum Gasteiger partial charge on any atom is 0.249 e. The topological polar surface area (TPSA) is 101 Å². The quantitative estimate of drug-likeness (QED) is 0.754. The fourth-order valence-corrected chi connectivity index (χ4v) is 3.99. The summed E-state index contributed by atoms with van der Waals surface area (Å²) >= 11 is 0. The second kappa shape index (κ2) is 5.75. The van der Waals surface area contributed by atoms with Crippen LogP contribution in [0.1, 0.15) is 35.7 Å². The number of nitrogens with two attached hydrogens (primary N) is 1. The van der Waals surface area contributed by atoms with Crippen molar-refractivity contribution in [2.24, 2.45) is 5.73 Å². The second-order valence-corrected chi connectivity index (χ2v) is 7.44. The van der Waals surface area contributed by atoms with E-state index in [1.165, 1.54) is 12.1 Å². The molecule has 1 aliphatic heterocycles. The molecule has 116 valence electrons. The number of benzene rings is 1. The molecule has 1 aromatic carbocycles. The molecule has 6 nitrogen and oxygen atoms in total. The molecule has 0 atom stereocenters. The van der Waals surface area contributed by atoms with Crippen LogP contribution in [-0.2, 0) is 10.0 Å². The number of sulfonamides is 1. The number of primary amides is 1. The summed E-state index contributed by atoms with van der Waals surface area (Å²) in [6, 6.07) is 4.43. The van der Waals surface area contributed by atoms with E-state index in [0.29, 0.717) is 5.56 Å². The monoisotopic (exact) mass is 311 g/mol. The van der Waals surface area contributed by atoms with Gasteiger partial charge in [0.15, 0.2) is 0 Å². The van der Waals surface area contributed by atoms with Crippen LogP contribution in [0, 0.1) is 6.92 Å². The summed E-state index contributed by atoms with van der Waals surface area (Å²) in [7, 11) is -3.68. The van der Waals surface area contributed by atoms with E-state index in [9.17, 15) is 13.2 Å². The Morgan fingerprint density at radius 3 is 2.52 bits per heavy atom. The second-order valence-electron chi connectivity index (χ2n) is 5.76. The van der Waals surface area contributed by atoms with Gasteiger partial charge in [0.25, 0.3) is 0 Å². The molecule has 0 aliphatic carbocycles. The fraction of sp³-hybridized carbons (Fsp3) is 0.500. The molecule has 2 rings (SSSR count). The lowest BCUT2D eigenvalue weighted by molar-refractivity contribution is 0.0999. The molecule has 1 fully saturated rings. The van der Waals surface area contributed by atoms with Crippen LogP contribution in [0.3, 0.4) is 0 Å². The van der Waals surface area contributed by atoms with Crippen molar-refractivity contribution >= 4 is 15.9 Å². The minimum Gasteiger partial charge on any atom is -0.366 e. The molecular weight excluding hydrogens is 290 g/mol. The van der Waals surface area contributed by atoms with Crippen molar-refractivity contribution in [2.45, 2.75) is 37.1 Å². The summed E-state index contributed by atoms with van der Waals surface area (Å²) in [4.78, 5) is 11.4. The van der Waals surface area contributed by atoms with Gasteiger partial charge >= 0.3 is 0 Å². The Morgan fingerprint density at radius 2 is 1.95 bits per heavy atom. The summed E-state index contributed by atoms with van der Waals surface area (Å²) in [5.74, 6) is -0.627. The molecule has 1 saturated heterocycles. The van der Waals surface area contributed by atoms with Crippen LogP contribution < -0.4 is 15.8 Å². The van der Waals surface area contributed by atoms with Gasteiger partial charge in [-0.1, -0.05) is 6.07 Å². The molecule has 4 N–H and O–H groups in total. The van der Waals surface area contributed by atoms with E-state index in [4.69, 9.17) is 5.73 Å². The van der Waals surface area contributed by atoms with E-state index in [-0.39, 0.29) is 10.5 Å². The Morgan fingerprint density at radius 1 is 1.33 bits per heavy atom. The number of carbonyl (C=O) groups is 1. The Kier molecular flexibility index (Phi) is 4.36. The first-order valence-electron chi connectivity index (χ1n) is 6.89. The third-order valence-electron chi connectivity index (χ3n) is 3.87. The van der Waals surface area contributed by atoms with Gasteiger partial charge in [0.05, 0.1) is 4.90 Å². The van der Waals surface area contributed by atoms with Crippen molar-refractivity contribution in [1.82, 2.24) is 10.0 Å². The average Bonchev–Trinajstić information content (AvgIpc) is 2.38. The standard InChI is InChI=1S/C14H21N3O3S/c1-10-3-4-11(9-12(10)13(15)18)21(19,20)17-14(2)5-7-16-8-6-14/h3-4,9,16-17H,5-8H2,1-2H3,(H2,15,18). The highest BCUT2D eigenvalue weighted by Gasteiger charge is 2.32. The van der Waals surface area contributed by atoms with Gasteiger partial charge in [-0.05, 0) is 57.5 Å². The molecule has 0 unspecified atom stereocenters. The molecule has 0 bridgehead atoms. The van der Waals surface area contributed by atoms with Crippen molar-refractivity contribution < 1.29 is 13.2 Å². The normalized spacial score (nSPS) is 18.4. The molecule has 1 aliphatic rings. The largest absolute Gasteiger partial charge is 0.366 e. The smallest absolute Gasteiger partial charge is 0.249 e. The maximum absolute atomic E-state index is 12.5. The van der Waals surface area contributed by atoms with Gasteiger partial charge < -0.3 is 11.1 Å². The highest BCUT2D eigenvalue weighted by atomic mass is 32.2. The van der Waals surface area contributed by atoms with Crippen LogP contribution in [0.2, 0.25) is 0 Å². The SMILES string of the molecule is Cc1ccc(S(=O)(=O)NC2(C)CCNCC2)cc1C(N)=O. The molecule has 1 amide bonds. The van der Waals surface area contributed by atoms with Crippen LogP contribution in [0.25, 0.3) is 0 Å². The zero-order chi connectivity index (χ0) is 15.7. The third-order valence-corrected chi connectivity index (χ3v) is 5.51. The number of rotatable bonds is 4. The predicted molar refractivity (Wildman–Crippen MR) is 80.5 cm³/mol. The number of amides is 1. The molecule has 7 heteroatoms. The maximum atomic E-state index is 12.5. The summed E-state index contributed by atoms with van der Waals surface area (Å²) in [5.41, 5.74) is 5.70. The first-order chi connectivity index (χ1) is 9.73. The number of carbonyl (C=O) groups excluding carboxylic acids is 1. The van der Waals surface area contributed by atoms with Gasteiger partial charge in [-0.3, -0.25) is 4.79 Å². The van der Waals surface area contributed by atoms with Gasteiger partial charge in [-0.2, -0.15) is 0 Å². The minimum atomic E-state index is -3.68. The van der Waals surface area contributed by atoms with E-state index >= 15 is 0 Å². The van der Waals surface area contributed by atoms with E-state index in [2.05, 4.69) is 10.0 Å². The predicted octanol–water partition coefficient (Wildman–Crippen LogP) is 0.514. The molecule has 0 saturated carbocycles. The summed E-state index contributed by atoms with van der Waals surface area (Å²) in [6.45, 7) is 5.17. The summed E-state index contributed by atoms with van der Waals surface area (Å²) in [5, 5.41) is 3.20. The third kappa shape index (κ3) is 3.61. The number of nitrogens with one attached hydrogen (secondary N) is 2. The Bertz CT molecular complexity index is 649. The lowest BCUT2D eigenvalue weighted by Gasteiger charge is -2.34. The Balaban J connectivity index is 2.31. The van der Waals surface area contributed by atoms with Gasteiger partial charge in [-0.25, -0.2) is 13.1 Å². The van der Waals surface area contributed by atoms with Gasteiger partial charge in [0.1, 0.15) is 0 Å². The average molecular weight is 311 g/mol. The molecule has 1 heterocycles. The minimum absolute atomic E-state index is 0.0710. The van der Waals surface area contributed by atoms with Gasteiger partial charge in [0.2, 0.25) is 15.9 Å². The Hall–Kier alpha value is -1.44. The number of aryl methyl sites for hydroxylation is 1. The van der Waals surface area contributed by atoms with Crippen molar-refractivity contribution in [1.29, 1.82) is 0 Å². The molecule has 0 aromatic heterocycles. The zero-order valence-electron chi connectivity index (χ0n) is 12.3. The summed E-state index contributed by atoms with van der Waals surface area (Å²) < 4.78 is 27.8. The van der Waals surface area contributed by atoms with Gasteiger partial charge in [0, 0.05) is 11.1 Å². The highest BCUT2D eigenvalue weighted by molar-refractivity contribution is 7.89. The van der Waals surface area contributed by atoms with Crippen molar-refractivity contribution in [3.63, 3.8) is 0 Å². The van der Waals surface area contributed by atoms with E-state index in [0.717, 1.165) is 25.9 Å². The van der Waals surface area contributed by atoms with Crippen molar-refractivity contribution in [2.75, 3.05) is 13.1 Å². The van der Waals surface area contributed by atoms with E-state index < -0.39 is 21.5 Å². The van der Waals surface area contributed by atoms with Crippen molar-refractivity contribution in [3.8, 4) is 0 Å². The van der Waals surface area contributed by atoms with Crippen molar-refractivity contribution in [3.05, 3.63) is 29.3 Å². The lowest BCUT2D eigenvalue weighted by Crippen LogP contribution is -2.52. The fourth-order valence-electron chi connectivity index (χ4n) is 2.50. The number of hydrogen-bond donors (Lipinski definition) is 3. The Labute approximate surface area is 125 Å². The van der Waals surface area contributed by atoms with E-state index in [1.807, 2.05) is 6.92 Å². The van der Waals surface area contributed by atoms with Crippen LogP contribution in [-0.4, -0.2) is 33.0 Å².